The van der Waals surface area contributed by atoms with Crippen LogP contribution in [0.5, 0.6) is 0 Å². The average molecular weight is 387 g/mol. The average Bonchev–Trinajstić information content (AvgIpc) is 2.61. The molecule has 1 unspecified atom stereocenters. The number of para-hydroxylation sites is 1. The number of carbonyl (C=O) groups is 2. The van der Waals surface area contributed by atoms with E-state index in [1.165, 1.54) is 26.2 Å². The molecule has 2 aromatic rings. The van der Waals surface area contributed by atoms with Gasteiger partial charge in [-0.1, -0.05) is 18.2 Å². The number of ether oxygens (including phenoxy) is 1. The van der Waals surface area contributed by atoms with Crippen LogP contribution >= 0.6 is 0 Å². The minimum atomic E-state index is -1.16. The van der Waals surface area contributed by atoms with Gasteiger partial charge in [0.15, 0.2) is 0 Å². The Labute approximate surface area is 161 Å². The van der Waals surface area contributed by atoms with Crippen molar-refractivity contribution >= 4 is 28.9 Å². The van der Waals surface area contributed by atoms with E-state index >= 15 is 0 Å². The summed E-state index contributed by atoms with van der Waals surface area (Å²) in [5, 5.41) is 26.0. The highest BCUT2D eigenvalue weighted by atomic mass is 16.6. The number of nitro benzene ring substituents is 1. The molecule has 0 aliphatic rings. The van der Waals surface area contributed by atoms with Crippen molar-refractivity contribution in [3.8, 4) is 0 Å². The Morgan fingerprint density at radius 3 is 2.46 bits per heavy atom. The molecular formula is C19H21N3O6. The zero-order valence-corrected chi connectivity index (χ0v) is 15.5. The van der Waals surface area contributed by atoms with E-state index in [1.54, 1.807) is 24.3 Å². The number of nitro groups is 1. The Bertz CT molecular complexity index is 871. The predicted molar refractivity (Wildman–Crippen MR) is 103 cm³/mol. The van der Waals surface area contributed by atoms with Crippen LogP contribution < -0.4 is 10.6 Å². The van der Waals surface area contributed by atoms with E-state index in [9.17, 15) is 19.7 Å². The van der Waals surface area contributed by atoms with Crippen molar-refractivity contribution in [2.75, 3.05) is 19.0 Å². The standard InChI is InChI=1S/C19H21N3O6/c1-19(12-28-2,11-17(23)24)21-18(25)13-8-9-15(16(10-13)22(26)27)20-14-6-4-3-5-7-14/h3-10,20H,11-12H2,1-2H3,(H,21,25)(H,23,24). The first kappa shape index (κ1) is 20.8. The Morgan fingerprint density at radius 2 is 1.89 bits per heavy atom. The molecule has 1 amide bonds. The van der Waals surface area contributed by atoms with Crippen molar-refractivity contribution in [2.45, 2.75) is 18.9 Å². The number of hydrogen-bond acceptors (Lipinski definition) is 6. The Morgan fingerprint density at radius 1 is 1.21 bits per heavy atom. The van der Waals surface area contributed by atoms with Crippen LogP contribution in [0, 0.1) is 10.1 Å². The number of methoxy groups -OCH3 is 1. The summed E-state index contributed by atoms with van der Waals surface area (Å²) in [6.07, 6.45) is -0.359. The van der Waals surface area contributed by atoms with Gasteiger partial charge in [0, 0.05) is 24.4 Å². The van der Waals surface area contributed by atoms with E-state index in [-0.39, 0.29) is 30.0 Å². The largest absolute Gasteiger partial charge is 0.481 e. The summed E-state index contributed by atoms with van der Waals surface area (Å²) in [4.78, 5) is 34.5. The van der Waals surface area contributed by atoms with Crippen molar-refractivity contribution in [1.29, 1.82) is 0 Å². The summed E-state index contributed by atoms with van der Waals surface area (Å²) in [7, 11) is 1.39. The number of nitrogens with zero attached hydrogens (tertiary/aromatic N) is 1. The maximum Gasteiger partial charge on any atom is 0.305 e. The first-order valence-corrected chi connectivity index (χ1v) is 8.38. The van der Waals surface area contributed by atoms with Crippen molar-refractivity contribution in [2.24, 2.45) is 0 Å². The number of anilines is 2. The number of aliphatic carboxylic acids is 1. The minimum absolute atomic E-state index is 0.0270. The van der Waals surface area contributed by atoms with Crippen molar-refractivity contribution in [1.82, 2.24) is 5.32 Å². The first-order chi connectivity index (χ1) is 13.2. The molecule has 0 spiro atoms. The lowest BCUT2D eigenvalue weighted by molar-refractivity contribution is -0.383. The summed E-state index contributed by atoms with van der Waals surface area (Å²) in [5.41, 5.74) is -0.496. The number of nitrogens with one attached hydrogen (secondary N) is 2. The fourth-order valence-electron chi connectivity index (χ4n) is 2.74. The fraction of sp³-hybridized carbons (Fsp3) is 0.263. The van der Waals surface area contributed by atoms with Gasteiger partial charge in [0.05, 0.1) is 23.5 Å². The quantitative estimate of drug-likeness (QED) is 0.445. The van der Waals surface area contributed by atoms with Crippen molar-refractivity contribution < 1.29 is 24.4 Å². The predicted octanol–water partition coefficient (Wildman–Crippen LogP) is 2.95. The zero-order chi connectivity index (χ0) is 20.7. The van der Waals surface area contributed by atoms with Gasteiger partial charge in [0.25, 0.3) is 11.6 Å². The Kier molecular flexibility index (Phi) is 6.67. The normalized spacial score (nSPS) is 12.6. The molecule has 28 heavy (non-hydrogen) atoms. The highest BCUT2D eigenvalue weighted by molar-refractivity contribution is 5.96. The minimum Gasteiger partial charge on any atom is -0.481 e. The second-order valence-electron chi connectivity index (χ2n) is 6.50. The fourth-order valence-corrected chi connectivity index (χ4v) is 2.74. The van der Waals surface area contributed by atoms with E-state index in [0.717, 1.165) is 6.07 Å². The van der Waals surface area contributed by atoms with Crippen LogP contribution in [0.15, 0.2) is 48.5 Å². The molecule has 2 aromatic carbocycles. The molecule has 0 saturated heterocycles. The second-order valence-corrected chi connectivity index (χ2v) is 6.50. The lowest BCUT2D eigenvalue weighted by Gasteiger charge is -2.28. The lowest BCUT2D eigenvalue weighted by Crippen LogP contribution is -2.50. The maximum absolute atomic E-state index is 12.6. The number of hydrogen-bond donors (Lipinski definition) is 3. The van der Waals surface area contributed by atoms with Gasteiger partial charge in [0.2, 0.25) is 0 Å². The number of carboxylic acid groups (broad SMARTS) is 1. The number of carboxylic acids is 1. The Balaban J connectivity index is 2.28. The van der Waals surface area contributed by atoms with Crippen molar-refractivity contribution in [3.05, 3.63) is 64.2 Å². The smallest absolute Gasteiger partial charge is 0.305 e. The van der Waals surface area contributed by atoms with E-state index in [0.29, 0.717) is 5.69 Å². The third-order valence-electron chi connectivity index (χ3n) is 3.93. The molecule has 1 atom stereocenters. The van der Waals surface area contributed by atoms with Crippen LogP contribution in [0.25, 0.3) is 0 Å². The van der Waals surface area contributed by atoms with Crippen LogP contribution in [0.3, 0.4) is 0 Å². The van der Waals surface area contributed by atoms with E-state index in [2.05, 4.69) is 10.6 Å². The van der Waals surface area contributed by atoms with Gasteiger partial charge in [-0.25, -0.2) is 0 Å². The molecule has 0 aromatic heterocycles. The monoisotopic (exact) mass is 387 g/mol. The SMILES string of the molecule is COCC(C)(CC(=O)O)NC(=O)c1ccc(Nc2ccccc2)c([N+](=O)[O-])c1. The van der Waals surface area contributed by atoms with E-state index < -0.39 is 22.3 Å². The van der Waals surface area contributed by atoms with Crippen LogP contribution in [0.1, 0.15) is 23.7 Å². The third-order valence-corrected chi connectivity index (χ3v) is 3.93. The molecule has 0 bridgehead atoms. The van der Waals surface area contributed by atoms with Crippen LogP contribution in [0.2, 0.25) is 0 Å². The molecule has 148 valence electrons. The van der Waals surface area contributed by atoms with E-state index in [1.807, 2.05) is 6.07 Å². The number of benzene rings is 2. The van der Waals surface area contributed by atoms with Gasteiger partial charge < -0.3 is 20.5 Å². The molecule has 0 heterocycles. The van der Waals surface area contributed by atoms with Gasteiger partial charge in [-0.05, 0) is 31.2 Å². The highest BCUT2D eigenvalue weighted by Gasteiger charge is 2.30. The van der Waals surface area contributed by atoms with Gasteiger partial charge in [-0.3, -0.25) is 19.7 Å². The first-order valence-electron chi connectivity index (χ1n) is 8.38. The van der Waals surface area contributed by atoms with Gasteiger partial charge in [-0.2, -0.15) is 0 Å². The highest BCUT2D eigenvalue weighted by Crippen LogP contribution is 2.29. The molecule has 9 nitrogen and oxygen atoms in total. The van der Waals surface area contributed by atoms with Crippen LogP contribution in [0.4, 0.5) is 17.1 Å². The van der Waals surface area contributed by atoms with E-state index in [4.69, 9.17) is 9.84 Å². The van der Waals surface area contributed by atoms with Crippen molar-refractivity contribution in [3.63, 3.8) is 0 Å². The summed E-state index contributed by atoms with van der Waals surface area (Å²) in [5.74, 6) is -1.73. The molecule has 0 radical (unpaired) electrons. The van der Waals surface area contributed by atoms with Gasteiger partial charge in [-0.15, -0.1) is 0 Å². The molecule has 9 heteroatoms. The number of rotatable bonds is 9. The lowest BCUT2D eigenvalue weighted by atomic mass is 9.98. The second kappa shape index (κ2) is 8.96. The molecule has 0 aliphatic heterocycles. The zero-order valence-electron chi connectivity index (χ0n) is 15.5. The van der Waals surface area contributed by atoms with Crippen LogP contribution in [-0.2, 0) is 9.53 Å². The summed E-state index contributed by atoms with van der Waals surface area (Å²) in [6.45, 7) is 1.50. The molecule has 3 N–H and O–H groups in total. The maximum atomic E-state index is 12.6. The van der Waals surface area contributed by atoms with Gasteiger partial charge in [0.1, 0.15) is 5.69 Å². The molecule has 2 rings (SSSR count). The summed E-state index contributed by atoms with van der Waals surface area (Å²) in [6, 6.07) is 12.9. The van der Waals surface area contributed by atoms with Gasteiger partial charge >= 0.3 is 5.97 Å². The molecular weight excluding hydrogens is 366 g/mol. The number of carbonyl (C=O) groups excluding carboxylic acids is 1. The number of amides is 1. The summed E-state index contributed by atoms with van der Waals surface area (Å²) >= 11 is 0. The molecule has 0 fully saturated rings. The molecule has 0 aliphatic carbocycles. The Hall–Kier alpha value is -3.46. The van der Waals surface area contributed by atoms with Crippen LogP contribution in [-0.4, -0.2) is 41.2 Å². The summed E-state index contributed by atoms with van der Waals surface area (Å²) < 4.78 is 5.00. The topological polar surface area (TPSA) is 131 Å². The molecule has 0 saturated carbocycles. The third kappa shape index (κ3) is 5.52.